The molecule has 0 N–H and O–H groups in total. The molecule has 0 saturated heterocycles. The molecule has 0 fully saturated rings. The zero-order valence-electron chi connectivity index (χ0n) is 6.14. The lowest BCUT2D eigenvalue weighted by molar-refractivity contribution is 0.380. The second kappa shape index (κ2) is 3.05. The van der Waals surface area contributed by atoms with E-state index < -0.39 is 0 Å². The minimum absolute atomic E-state index is 0.819. The van der Waals surface area contributed by atoms with Gasteiger partial charge in [0.15, 0.2) is 0 Å². The van der Waals surface area contributed by atoms with Crippen LogP contribution in [0.25, 0.3) is 0 Å². The Morgan fingerprint density at radius 1 is 1.56 bits per heavy atom. The van der Waals surface area contributed by atoms with E-state index in [1.54, 1.807) is 0 Å². The van der Waals surface area contributed by atoms with E-state index in [9.17, 15) is 0 Å². The molecule has 0 nitrogen and oxygen atoms in total. The quantitative estimate of drug-likeness (QED) is 0.495. The van der Waals surface area contributed by atoms with E-state index in [0.717, 1.165) is 18.3 Å². The first-order valence-corrected chi connectivity index (χ1v) is 3.79. The van der Waals surface area contributed by atoms with Crippen molar-refractivity contribution in [1.29, 1.82) is 0 Å². The molecule has 0 amide bonds. The molecule has 1 aliphatic carbocycles. The molecule has 0 bridgehead atoms. The maximum Gasteiger partial charge on any atom is -0.0317 e. The molecule has 0 heterocycles. The fourth-order valence-corrected chi connectivity index (χ4v) is 1.34. The Kier molecular flexibility index (Phi) is 2.32. The molecule has 0 aliphatic heterocycles. The monoisotopic (exact) mass is 123 g/mol. The third-order valence-corrected chi connectivity index (χ3v) is 2.30. The van der Waals surface area contributed by atoms with Gasteiger partial charge in [0, 0.05) is 0 Å². The van der Waals surface area contributed by atoms with Gasteiger partial charge in [0.05, 0.1) is 0 Å². The molecule has 1 radical (unpaired) electrons. The Balaban J connectivity index is 2.27. The lowest BCUT2D eigenvalue weighted by Crippen LogP contribution is -2.05. The maximum atomic E-state index is 3.90. The summed E-state index contributed by atoms with van der Waals surface area (Å²) in [6.45, 7) is 6.20. The van der Waals surface area contributed by atoms with Crippen LogP contribution in [0.5, 0.6) is 0 Å². The predicted molar refractivity (Wildman–Crippen MR) is 41.0 cm³/mol. The largest absolute Gasteiger partial charge is 0.0882 e. The summed E-state index contributed by atoms with van der Waals surface area (Å²) in [6, 6.07) is 0. The normalized spacial score (nSPS) is 22.9. The van der Waals surface area contributed by atoms with E-state index in [1.165, 1.54) is 12.8 Å². The van der Waals surface area contributed by atoms with Crippen LogP contribution in [0.1, 0.15) is 26.2 Å². The van der Waals surface area contributed by atoms with Gasteiger partial charge in [0.25, 0.3) is 0 Å². The third kappa shape index (κ3) is 1.57. The standard InChI is InChI=1S/C9H15/c1-3-8(2)9-6-4-5-7-9/h4-5,8-9H,1,3,6-7H2,2H3. The highest BCUT2D eigenvalue weighted by atomic mass is 14.2. The molecule has 1 aliphatic rings. The van der Waals surface area contributed by atoms with Gasteiger partial charge in [0.2, 0.25) is 0 Å². The molecule has 0 aromatic carbocycles. The van der Waals surface area contributed by atoms with E-state index in [1.807, 2.05) is 0 Å². The second-order valence-corrected chi connectivity index (χ2v) is 2.97. The third-order valence-electron chi connectivity index (χ3n) is 2.30. The van der Waals surface area contributed by atoms with Crippen LogP contribution >= 0.6 is 0 Å². The van der Waals surface area contributed by atoms with Crippen molar-refractivity contribution in [2.75, 3.05) is 0 Å². The smallest absolute Gasteiger partial charge is 0.0317 e. The van der Waals surface area contributed by atoms with Crippen molar-refractivity contribution >= 4 is 0 Å². The van der Waals surface area contributed by atoms with Gasteiger partial charge in [-0.25, -0.2) is 0 Å². The molecule has 0 aromatic rings. The first-order valence-electron chi connectivity index (χ1n) is 3.79. The van der Waals surface area contributed by atoms with E-state index >= 15 is 0 Å². The molecule has 1 unspecified atom stereocenters. The van der Waals surface area contributed by atoms with E-state index in [0.29, 0.717) is 0 Å². The summed E-state index contributed by atoms with van der Waals surface area (Å²) in [6.07, 6.45) is 8.24. The van der Waals surface area contributed by atoms with Crippen LogP contribution in [-0.2, 0) is 0 Å². The van der Waals surface area contributed by atoms with Gasteiger partial charge in [-0.3, -0.25) is 0 Å². The van der Waals surface area contributed by atoms with Crippen molar-refractivity contribution in [2.45, 2.75) is 26.2 Å². The Morgan fingerprint density at radius 3 is 2.56 bits per heavy atom. The van der Waals surface area contributed by atoms with Crippen LogP contribution < -0.4 is 0 Å². The van der Waals surface area contributed by atoms with Gasteiger partial charge >= 0.3 is 0 Å². The van der Waals surface area contributed by atoms with Crippen molar-refractivity contribution in [3.63, 3.8) is 0 Å². The van der Waals surface area contributed by atoms with Gasteiger partial charge in [0.1, 0.15) is 0 Å². The first-order chi connectivity index (χ1) is 4.34. The van der Waals surface area contributed by atoms with E-state index in [2.05, 4.69) is 26.0 Å². The number of hydrogen-bond acceptors (Lipinski definition) is 0. The lowest BCUT2D eigenvalue weighted by Gasteiger charge is -2.15. The van der Waals surface area contributed by atoms with Crippen molar-refractivity contribution in [2.24, 2.45) is 11.8 Å². The Bertz CT molecular complexity index is 94.6. The molecule has 9 heavy (non-hydrogen) atoms. The van der Waals surface area contributed by atoms with Crippen molar-refractivity contribution < 1.29 is 0 Å². The molecule has 0 saturated carbocycles. The number of hydrogen-bond donors (Lipinski definition) is 0. The summed E-state index contributed by atoms with van der Waals surface area (Å²) in [5, 5.41) is 0. The highest BCUT2D eigenvalue weighted by Crippen LogP contribution is 2.27. The summed E-state index contributed by atoms with van der Waals surface area (Å²) in [4.78, 5) is 0. The zero-order chi connectivity index (χ0) is 6.69. The molecular weight excluding hydrogens is 108 g/mol. The Labute approximate surface area is 58.0 Å². The van der Waals surface area contributed by atoms with Crippen molar-refractivity contribution in [3.8, 4) is 0 Å². The van der Waals surface area contributed by atoms with Gasteiger partial charge < -0.3 is 0 Å². The molecule has 1 atom stereocenters. The van der Waals surface area contributed by atoms with Crippen LogP contribution in [0, 0.1) is 18.8 Å². The van der Waals surface area contributed by atoms with Gasteiger partial charge in [-0.1, -0.05) is 32.4 Å². The van der Waals surface area contributed by atoms with Crippen molar-refractivity contribution in [1.82, 2.24) is 0 Å². The maximum absolute atomic E-state index is 3.90. The minimum atomic E-state index is 0.819. The molecule has 0 heteroatoms. The van der Waals surface area contributed by atoms with Crippen LogP contribution in [0.4, 0.5) is 0 Å². The SMILES string of the molecule is [CH2]CC(C)C1CC=CC1. The van der Waals surface area contributed by atoms with Crippen LogP contribution in [-0.4, -0.2) is 0 Å². The second-order valence-electron chi connectivity index (χ2n) is 2.97. The minimum Gasteiger partial charge on any atom is -0.0882 e. The van der Waals surface area contributed by atoms with Crippen LogP contribution in [0.3, 0.4) is 0 Å². The highest BCUT2D eigenvalue weighted by molar-refractivity contribution is 4.95. The van der Waals surface area contributed by atoms with Gasteiger partial charge in [-0.15, -0.1) is 0 Å². The summed E-state index contributed by atoms with van der Waals surface area (Å²) in [7, 11) is 0. The number of rotatable bonds is 2. The predicted octanol–water partition coefficient (Wildman–Crippen LogP) is 2.81. The first kappa shape index (κ1) is 6.85. The highest BCUT2D eigenvalue weighted by Gasteiger charge is 2.15. The summed E-state index contributed by atoms with van der Waals surface area (Å²) in [5.74, 6) is 1.72. The molecule has 0 aromatic heterocycles. The Hall–Kier alpha value is -0.260. The van der Waals surface area contributed by atoms with Crippen LogP contribution in [0.15, 0.2) is 12.2 Å². The van der Waals surface area contributed by atoms with E-state index in [4.69, 9.17) is 0 Å². The topological polar surface area (TPSA) is 0 Å². The zero-order valence-corrected chi connectivity index (χ0v) is 6.14. The summed E-state index contributed by atoms with van der Waals surface area (Å²) < 4.78 is 0. The van der Waals surface area contributed by atoms with Gasteiger partial charge in [-0.05, 0) is 24.7 Å². The average Bonchev–Trinajstić information content (AvgIpc) is 2.37. The van der Waals surface area contributed by atoms with E-state index in [-0.39, 0.29) is 0 Å². The molecule has 0 spiro atoms. The van der Waals surface area contributed by atoms with Crippen LogP contribution in [0.2, 0.25) is 0 Å². The lowest BCUT2D eigenvalue weighted by atomic mass is 9.90. The van der Waals surface area contributed by atoms with Crippen molar-refractivity contribution in [3.05, 3.63) is 19.1 Å². The fraction of sp³-hybridized carbons (Fsp3) is 0.667. The summed E-state index contributed by atoms with van der Waals surface area (Å²) in [5.41, 5.74) is 0. The summed E-state index contributed by atoms with van der Waals surface area (Å²) >= 11 is 0. The van der Waals surface area contributed by atoms with Gasteiger partial charge in [-0.2, -0.15) is 0 Å². The molecule has 1 rings (SSSR count). The fourth-order valence-electron chi connectivity index (χ4n) is 1.34. The Morgan fingerprint density at radius 2 is 2.11 bits per heavy atom. The number of allylic oxidation sites excluding steroid dienone is 2. The average molecular weight is 123 g/mol. The molecule has 51 valence electrons. The molecular formula is C9H15.